The lowest BCUT2D eigenvalue weighted by molar-refractivity contribution is 0.0777. The number of hydrogen-bond donors (Lipinski definition) is 3. The first-order valence-electron chi connectivity index (χ1n) is 7.98. The highest BCUT2D eigenvalue weighted by molar-refractivity contribution is 7.89. The van der Waals surface area contributed by atoms with Gasteiger partial charge in [0, 0.05) is 25.7 Å². The minimum atomic E-state index is -4.01. The van der Waals surface area contributed by atoms with Crippen LogP contribution < -0.4 is 16.0 Å². The molecule has 140 valence electrons. The summed E-state index contributed by atoms with van der Waals surface area (Å²) in [5, 5.41) is 5.05. The van der Waals surface area contributed by atoms with Gasteiger partial charge in [-0.15, -0.1) is 0 Å². The molecule has 1 amide bonds. The molecule has 2 atom stereocenters. The van der Waals surface area contributed by atoms with E-state index >= 15 is 0 Å². The smallest absolute Gasteiger partial charge is 0.256 e. The Hall–Kier alpha value is -1.55. The molecule has 2 unspecified atom stereocenters. The molecular weight excluding hydrogens is 347 g/mol. The van der Waals surface area contributed by atoms with Gasteiger partial charge in [0.05, 0.1) is 10.5 Å². The molecule has 0 aromatic heterocycles. The standard InChI is InChI=1S/C16H25FN4O3S/c1-16(2,3)14-7-10(19-20-14)9-21(4)15(22)12-8-11(25(18,23)24)5-6-13(12)17/h5-6,8,10,14,19-20H,7,9H2,1-4H3,(H2,18,23,24). The molecule has 9 heteroatoms. The normalized spacial score (nSPS) is 21.4. The van der Waals surface area contributed by atoms with Crippen molar-refractivity contribution < 1.29 is 17.6 Å². The van der Waals surface area contributed by atoms with Crippen molar-refractivity contribution in [3.05, 3.63) is 29.6 Å². The number of nitrogens with zero attached hydrogens (tertiary/aromatic N) is 1. The summed E-state index contributed by atoms with van der Waals surface area (Å²) in [5.41, 5.74) is 6.12. The summed E-state index contributed by atoms with van der Waals surface area (Å²) < 4.78 is 36.8. The number of carbonyl (C=O) groups excluding carboxylic acids is 1. The third kappa shape index (κ3) is 4.75. The monoisotopic (exact) mass is 372 g/mol. The Bertz CT molecular complexity index is 761. The van der Waals surface area contributed by atoms with Gasteiger partial charge in [0.1, 0.15) is 5.82 Å². The average Bonchev–Trinajstić information content (AvgIpc) is 2.94. The number of likely N-dealkylation sites (N-methyl/N-ethyl adjacent to an activating group) is 1. The molecule has 0 bridgehead atoms. The second kappa shape index (κ2) is 6.99. The molecule has 1 fully saturated rings. The van der Waals surface area contributed by atoms with Gasteiger partial charge in [-0.2, -0.15) is 0 Å². The fourth-order valence-corrected chi connectivity index (χ4v) is 3.32. The van der Waals surface area contributed by atoms with E-state index in [1.165, 1.54) is 4.90 Å². The van der Waals surface area contributed by atoms with Crippen LogP contribution in [0.3, 0.4) is 0 Å². The van der Waals surface area contributed by atoms with E-state index < -0.39 is 21.7 Å². The first-order valence-corrected chi connectivity index (χ1v) is 9.53. The molecule has 1 aromatic carbocycles. The van der Waals surface area contributed by atoms with Crippen LogP contribution in [0.1, 0.15) is 37.6 Å². The van der Waals surface area contributed by atoms with Crippen molar-refractivity contribution in [1.29, 1.82) is 0 Å². The van der Waals surface area contributed by atoms with Crippen LogP contribution in [-0.4, -0.2) is 44.9 Å². The van der Waals surface area contributed by atoms with Crippen LogP contribution in [0.2, 0.25) is 0 Å². The van der Waals surface area contributed by atoms with E-state index in [9.17, 15) is 17.6 Å². The molecule has 0 radical (unpaired) electrons. The molecule has 7 nitrogen and oxygen atoms in total. The third-order valence-corrected chi connectivity index (χ3v) is 5.28. The zero-order chi connectivity index (χ0) is 19.0. The number of carbonyl (C=O) groups is 1. The topological polar surface area (TPSA) is 105 Å². The zero-order valence-electron chi connectivity index (χ0n) is 14.8. The summed E-state index contributed by atoms with van der Waals surface area (Å²) >= 11 is 0. The Kier molecular flexibility index (Phi) is 5.53. The van der Waals surface area contributed by atoms with E-state index in [1.54, 1.807) is 7.05 Å². The quantitative estimate of drug-likeness (QED) is 0.726. The van der Waals surface area contributed by atoms with Crippen molar-refractivity contribution >= 4 is 15.9 Å². The van der Waals surface area contributed by atoms with Crippen LogP contribution in [0.5, 0.6) is 0 Å². The predicted molar refractivity (Wildman–Crippen MR) is 92.7 cm³/mol. The van der Waals surface area contributed by atoms with Gasteiger partial charge >= 0.3 is 0 Å². The number of sulfonamides is 1. The predicted octanol–water partition coefficient (Wildman–Crippen LogP) is 0.826. The van der Waals surface area contributed by atoms with Crippen LogP contribution in [0.15, 0.2) is 23.1 Å². The van der Waals surface area contributed by atoms with Crippen molar-refractivity contribution in [2.24, 2.45) is 10.6 Å². The Morgan fingerprint density at radius 2 is 2.00 bits per heavy atom. The first-order chi connectivity index (χ1) is 11.4. The fraction of sp³-hybridized carbons (Fsp3) is 0.562. The summed E-state index contributed by atoms with van der Waals surface area (Å²) in [4.78, 5) is 13.6. The second-order valence-corrected chi connectivity index (χ2v) is 9.07. The van der Waals surface area contributed by atoms with E-state index in [2.05, 4.69) is 31.6 Å². The number of hydrazine groups is 1. The number of rotatable bonds is 4. The molecule has 0 spiro atoms. The van der Waals surface area contributed by atoms with Crippen LogP contribution in [0, 0.1) is 11.2 Å². The van der Waals surface area contributed by atoms with Gasteiger partial charge in [0.15, 0.2) is 0 Å². The number of benzene rings is 1. The Balaban J connectivity index is 2.11. The first kappa shape index (κ1) is 19.8. The lowest BCUT2D eigenvalue weighted by Crippen LogP contribution is -2.43. The second-order valence-electron chi connectivity index (χ2n) is 7.51. The third-order valence-electron chi connectivity index (χ3n) is 4.37. The molecule has 1 heterocycles. The van der Waals surface area contributed by atoms with E-state index in [1.807, 2.05) is 0 Å². The molecule has 0 aliphatic carbocycles. The maximum atomic E-state index is 14.0. The highest BCUT2D eigenvalue weighted by atomic mass is 32.2. The minimum absolute atomic E-state index is 0.0164. The molecule has 1 aliphatic rings. The number of primary sulfonamides is 1. The fourth-order valence-electron chi connectivity index (χ4n) is 2.78. The molecule has 4 N–H and O–H groups in total. The van der Waals surface area contributed by atoms with Crippen LogP contribution in [-0.2, 0) is 10.0 Å². The lowest BCUT2D eigenvalue weighted by Gasteiger charge is -2.26. The Morgan fingerprint density at radius 1 is 1.36 bits per heavy atom. The largest absolute Gasteiger partial charge is 0.340 e. The number of nitrogens with one attached hydrogen (secondary N) is 2. The van der Waals surface area contributed by atoms with Crippen molar-refractivity contribution in [2.45, 2.75) is 44.2 Å². The molecule has 25 heavy (non-hydrogen) atoms. The minimum Gasteiger partial charge on any atom is -0.340 e. The average molecular weight is 372 g/mol. The van der Waals surface area contributed by atoms with Gasteiger partial charge < -0.3 is 4.90 Å². The van der Waals surface area contributed by atoms with Crippen LogP contribution in [0.4, 0.5) is 4.39 Å². The van der Waals surface area contributed by atoms with Crippen molar-refractivity contribution in [3.63, 3.8) is 0 Å². The van der Waals surface area contributed by atoms with E-state index in [4.69, 9.17) is 5.14 Å². The molecular formula is C16H25FN4O3S. The summed E-state index contributed by atoms with van der Waals surface area (Å²) in [5.74, 6) is -1.38. The summed E-state index contributed by atoms with van der Waals surface area (Å²) in [6.45, 7) is 6.73. The SMILES string of the molecule is CN(CC1CC(C(C)(C)C)NN1)C(=O)c1cc(S(N)(=O)=O)ccc1F. The molecule has 0 saturated carbocycles. The van der Waals surface area contributed by atoms with Crippen LogP contribution >= 0.6 is 0 Å². The highest BCUT2D eigenvalue weighted by Gasteiger charge is 2.33. The van der Waals surface area contributed by atoms with Gasteiger partial charge in [-0.25, -0.2) is 17.9 Å². The molecule has 1 aromatic rings. The van der Waals surface area contributed by atoms with E-state index in [0.29, 0.717) is 6.54 Å². The summed E-state index contributed by atoms with van der Waals surface area (Å²) in [7, 11) is -2.45. The van der Waals surface area contributed by atoms with Gasteiger partial charge in [-0.1, -0.05) is 20.8 Å². The molecule has 2 rings (SSSR count). The van der Waals surface area contributed by atoms with Gasteiger partial charge in [-0.05, 0) is 30.0 Å². The van der Waals surface area contributed by atoms with Crippen molar-refractivity contribution in [1.82, 2.24) is 15.8 Å². The lowest BCUT2D eigenvalue weighted by atomic mass is 9.84. The molecule has 1 saturated heterocycles. The maximum absolute atomic E-state index is 14.0. The summed E-state index contributed by atoms with van der Waals surface area (Å²) in [6, 6.07) is 3.22. The summed E-state index contributed by atoms with van der Waals surface area (Å²) in [6.07, 6.45) is 0.820. The zero-order valence-corrected chi connectivity index (χ0v) is 15.7. The highest BCUT2D eigenvalue weighted by Crippen LogP contribution is 2.25. The van der Waals surface area contributed by atoms with Crippen molar-refractivity contribution in [2.75, 3.05) is 13.6 Å². The van der Waals surface area contributed by atoms with Crippen molar-refractivity contribution in [3.8, 4) is 0 Å². The maximum Gasteiger partial charge on any atom is 0.256 e. The number of nitrogens with two attached hydrogens (primary N) is 1. The Labute approximate surface area is 147 Å². The van der Waals surface area contributed by atoms with Gasteiger partial charge in [0.25, 0.3) is 5.91 Å². The van der Waals surface area contributed by atoms with E-state index in [-0.39, 0.29) is 28.0 Å². The number of halogens is 1. The van der Waals surface area contributed by atoms with Gasteiger partial charge in [-0.3, -0.25) is 15.6 Å². The molecule has 1 aliphatic heterocycles. The Morgan fingerprint density at radius 3 is 2.52 bits per heavy atom. The van der Waals surface area contributed by atoms with Crippen LogP contribution in [0.25, 0.3) is 0 Å². The number of amides is 1. The van der Waals surface area contributed by atoms with Gasteiger partial charge in [0.2, 0.25) is 10.0 Å². The number of hydrogen-bond acceptors (Lipinski definition) is 5. The van der Waals surface area contributed by atoms with E-state index in [0.717, 1.165) is 24.6 Å².